The maximum Gasteiger partial charge on any atom is 0.320 e. The van der Waals surface area contributed by atoms with E-state index in [-0.39, 0.29) is 6.04 Å². The third kappa shape index (κ3) is 6.89. The summed E-state index contributed by atoms with van der Waals surface area (Å²) >= 11 is 0. The van der Waals surface area contributed by atoms with Crippen LogP contribution in [-0.2, 0) is 4.79 Å². The number of nitrogens with one attached hydrogen (secondary N) is 1. The molecule has 0 amide bonds. The zero-order valence-electron chi connectivity index (χ0n) is 9.55. The van der Waals surface area contributed by atoms with E-state index in [1.807, 2.05) is 0 Å². The minimum atomic E-state index is -0.720. The zero-order valence-corrected chi connectivity index (χ0v) is 9.55. The van der Waals surface area contributed by atoms with Crippen molar-refractivity contribution in [2.75, 3.05) is 6.54 Å². The first-order valence-corrected chi connectivity index (χ1v) is 5.54. The Labute approximate surface area is 86.9 Å². The molecule has 14 heavy (non-hydrogen) atoms. The van der Waals surface area contributed by atoms with E-state index in [2.05, 4.69) is 26.1 Å². The lowest BCUT2D eigenvalue weighted by Gasteiger charge is -2.14. The molecular weight excluding hydrogens is 178 g/mol. The van der Waals surface area contributed by atoms with Gasteiger partial charge in [-0.15, -0.1) is 0 Å². The van der Waals surface area contributed by atoms with Gasteiger partial charge in [-0.1, -0.05) is 33.6 Å². The maximum absolute atomic E-state index is 10.8. The predicted molar refractivity (Wildman–Crippen MR) is 58.4 cm³/mol. The molecule has 0 saturated carbocycles. The molecule has 3 nitrogen and oxygen atoms in total. The second-order valence-corrected chi connectivity index (χ2v) is 4.17. The van der Waals surface area contributed by atoms with E-state index in [1.165, 1.54) is 0 Å². The summed E-state index contributed by atoms with van der Waals surface area (Å²) in [5.74, 6) is -0.0923. The minimum absolute atomic E-state index is 0.353. The van der Waals surface area contributed by atoms with Crippen LogP contribution in [0.1, 0.15) is 46.5 Å². The van der Waals surface area contributed by atoms with Crippen LogP contribution >= 0.6 is 0 Å². The first-order chi connectivity index (χ1) is 6.57. The van der Waals surface area contributed by atoms with Gasteiger partial charge < -0.3 is 10.4 Å². The van der Waals surface area contributed by atoms with E-state index in [0.29, 0.717) is 5.92 Å². The first-order valence-electron chi connectivity index (χ1n) is 5.54. The third-order valence-electron chi connectivity index (χ3n) is 2.26. The molecule has 3 heteroatoms. The van der Waals surface area contributed by atoms with Crippen LogP contribution in [0.5, 0.6) is 0 Å². The van der Waals surface area contributed by atoms with Gasteiger partial charge in [-0.2, -0.15) is 0 Å². The number of carboxylic acids is 1. The van der Waals surface area contributed by atoms with Crippen LogP contribution in [0.25, 0.3) is 0 Å². The van der Waals surface area contributed by atoms with Crippen molar-refractivity contribution >= 4 is 5.97 Å². The van der Waals surface area contributed by atoms with Crippen molar-refractivity contribution in [3.8, 4) is 0 Å². The van der Waals surface area contributed by atoms with E-state index in [1.54, 1.807) is 0 Å². The molecule has 0 radical (unpaired) electrons. The molecule has 0 heterocycles. The molecule has 0 aromatic carbocycles. The number of rotatable bonds is 8. The fraction of sp³-hybridized carbons (Fsp3) is 0.909. The van der Waals surface area contributed by atoms with E-state index >= 15 is 0 Å². The largest absolute Gasteiger partial charge is 0.480 e. The predicted octanol–water partition coefficient (Wildman–Crippen LogP) is 2.27. The SMILES string of the molecule is CCCCC(NCCC(C)C)C(=O)O. The standard InChI is InChI=1S/C11H23NO2/c1-4-5-6-10(11(13)14)12-8-7-9(2)3/h9-10,12H,4-8H2,1-3H3,(H,13,14). The Morgan fingerprint density at radius 3 is 2.43 bits per heavy atom. The third-order valence-corrected chi connectivity index (χ3v) is 2.26. The van der Waals surface area contributed by atoms with Crippen LogP contribution < -0.4 is 5.32 Å². The topological polar surface area (TPSA) is 49.3 Å². The molecule has 0 rings (SSSR count). The zero-order chi connectivity index (χ0) is 11.0. The van der Waals surface area contributed by atoms with E-state index in [0.717, 1.165) is 32.2 Å². The van der Waals surface area contributed by atoms with Crippen LogP contribution in [-0.4, -0.2) is 23.7 Å². The fourth-order valence-corrected chi connectivity index (χ4v) is 1.27. The highest BCUT2D eigenvalue weighted by Crippen LogP contribution is 2.02. The molecular formula is C11H23NO2. The number of hydrogen-bond acceptors (Lipinski definition) is 2. The van der Waals surface area contributed by atoms with E-state index < -0.39 is 5.97 Å². The minimum Gasteiger partial charge on any atom is -0.480 e. The number of carbonyl (C=O) groups is 1. The number of unbranched alkanes of at least 4 members (excludes halogenated alkanes) is 1. The van der Waals surface area contributed by atoms with E-state index in [4.69, 9.17) is 5.11 Å². The van der Waals surface area contributed by atoms with Crippen LogP contribution in [0, 0.1) is 5.92 Å². The summed E-state index contributed by atoms with van der Waals surface area (Å²) < 4.78 is 0. The summed E-state index contributed by atoms with van der Waals surface area (Å²) in [5.41, 5.74) is 0. The number of aliphatic carboxylic acids is 1. The molecule has 0 saturated heterocycles. The summed E-state index contributed by atoms with van der Waals surface area (Å²) in [5, 5.41) is 12.0. The van der Waals surface area contributed by atoms with Gasteiger partial charge in [0.15, 0.2) is 0 Å². The van der Waals surface area contributed by atoms with Crippen LogP contribution in [0.2, 0.25) is 0 Å². The van der Waals surface area contributed by atoms with Crippen molar-refractivity contribution < 1.29 is 9.90 Å². The number of carboxylic acid groups (broad SMARTS) is 1. The Morgan fingerprint density at radius 2 is 2.00 bits per heavy atom. The van der Waals surface area contributed by atoms with Gasteiger partial charge in [-0.05, 0) is 25.3 Å². The van der Waals surface area contributed by atoms with Gasteiger partial charge in [-0.25, -0.2) is 0 Å². The molecule has 0 fully saturated rings. The van der Waals surface area contributed by atoms with Gasteiger partial charge in [0, 0.05) is 0 Å². The van der Waals surface area contributed by atoms with Gasteiger partial charge in [0.1, 0.15) is 6.04 Å². The van der Waals surface area contributed by atoms with Gasteiger partial charge >= 0.3 is 5.97 Å². The van der Waals surface area contributed by atoms with Crippen LogP contribution in [0.4, 0.5) is 0 Å². The van der Waals surface area contributed by atoms with Crippen LogP contribution in [0.15, 0.2) is 0 Å². The molecule has 0 aliphatic heterocycles. The molecule has 2 N–H and O–H groups in total. The fourth-order valence-electron chi connectivity index (χ4n) is 1.27. The highest BCUT2D eigenvalue weighted by Gasteiger charge is 2.15. The molecule has 1 unspecified atom stereocenters. The molecule has 0 spiro atoms. The van der Waals surface area contributed by atoms with Crippen molar-refractivity contribution in [2.45, 2.75) is 52.5 Å². The number of hydrogen-bond donors (Lipinski definition) is 2. The average Bonchev–Trinajstić information content (AvgIpc) is 2.09. The molecule has 0 aliphatic carbocycles. The monoisotopic (exact) mass is 201 g/mol. The smallest absolute Gasteiger partial charge is 0.320 e. The van der Waals surface area contributed by atoms with Gasteiger partial charge in [0.05, 0.1) is 0 Å². The van der Waals surface area contributed by atoms with Crippen molar-refractivity contribution in [1.29, 1.82) is 0 Å². The second-order valence-electron chi connectivity index (χ2n) is 4.17. The average molecular weight is 201 g/mol. The van der Waals surface area contributed by atoms with Crippen LogP contribution in [0.3, 0.4) is 0 Å². The van der Waals surface area contributed by atoms with E-state index in [9.17, 15) is 4.79 Å². The first kappa shape index (κ1) is 13.4. The maximum atomic E-state index is 10.8. The van der Waals surface area contributed by atoms with Crippen molar-refractivity contribution in [1.82, 2.24) is 5.32 Å². The lowest BCUT2D eigenvalue weighted by molar-refractivity contribution is -0.139. The quantitative estimate of drug-likeness (QED) is 0.633. The van der Waals surface area contributed by atoms with Gasteiger partial charge in [-0.3, -0.25) is 4.79 Å². The summed E-state index contributed by atoms with van der Waals surface area (Å²) in [7, 11) is 0. The Balaban J connectivity index is 3.68. The Bertz CT molecular complexity index is 157. The van der Waals surface area contributed by atoms with Crippen molar-refractivity contribution in [3.63, 3.8) is 0 Å². The molecule has 0 bridgehead atoms. The molecule has 0 aromatic heterocycles. The van der Waals surface area contributed by atoms with Crippen molar-refractivity contribution in [2.24, 2.45) is 5.92 Å². The normalized spacial score (nSPS) is 13.1. The highest BCUT2D eigenvalue weighted by molar-refractivity contribution is 5.73. The molecule has 0 aromatic rings. The Kier molecular flexibility index (Phi) is 7.48. The lowest BCUT2D eigenvalue weighted by Crippen LogP contribution is -2.37. The lowest BCUT2D eigenvalue weighted by atomic mass is 10.1. The summed E-state index contributed by atoms with van der Waals surface area (Å²) in [6, 6.07) is -0.353. The van der Waals surface area contributed by atoms with Gasteiger partial charge in [0.25, 0.3) is 0 Å². The summed E-state index contributed by atoms with van der Waals surface area (Å²) in [6.07, 6.45) is 3.81. The second kappa shape index (κ2) is 7.80. The Hall–Kier alpha value is -0.570. The van der Waals surface area contributed by atoms with Crippen molar-refractivity contribution in [3.05, 3.63) is 0 Å². The molecule has 0 aliphatic rings. The molecule has 84 valence electrons. The highest BCUT2D eigenvalue weighted by atomic mass is 16.4. The summed E-state index contributed by atoms with van der Waals surface area (Å²) in [4.78, 5) is 10.8. The molecule has 1 atom stereocenters. The summed E-state index contributed by atoms with van der Waals surface area (Å²) in [6.45, 7) is 7.17. The Morgan fingerprint density at radius 1 is 1.36 bits per heavy atom. The van der Waals surface area contributed by atoms with Gasteiger partial charge in [0.2, 0.25) is 0 Å².